The molecule has 0 spiro atoms. The van der Waals surface area contributed by atoms with Gasteiger partial charge in [-0.2, -0.15) is 0 Å². The van der Waals surface area contributed by atoms with Crippen LogP contribution in [-0.4, -0.2) is 60.9 Å². The Morgan fingerprint density at radius 1 is 0.931 bits per heavy atom. The van der Waals surface area contributed by atoms with E-state index in [2.05, 4.69) is 17.1 Å². The fraction of sp³-hybridized carbons (Fsp3) is 0.391. The van der Waals surface area contributed by atoms with E-state index in [1.807, 2.05) is 53.4 Å². The van der Waals surface area contributed by atoms with Crippen molar-refractivity contribution in [1.29, 1.82) is 0 Å². The fourth-order valence-corrected chi connectivity index (χ4v) is 3.56. The molecule has 2 amide bonds. The molecule has 1 aliphatic rings. The summed E-state index contributed by atoms with van der Waals surface area (Å²) >= 11 is 5.88. The van der Waals surface area contributed by atoms with Crippen molar-refractivity contribution in [2.75, 3.05) is 39.3 Å². The molecular formula is C23H28ClN3O2. The first kappa shape index (κ1) is 21.3. The molecule has 2 aromatic rings. The predicted octanol–water partition coefficient (Wildman–Crippen LogP) is 3.02. The maximum absolute atomic E-state index is 12.6. The lowest BCUT2D eigenvalue weighted by molar-refractivity contribution is -0.122. The van der Waals surface area contributed by atoms with Crippen molar-refractivity contribution < 1.29 is 9.59 Å². The summed E-state index contributed by atoms with van der Waals surface area (Å²) < 4.78 is 0. The molecule has 5 nitrogen and oxygen atoms in total. The summed E-state index contributed by atoms with van der Waals surface area (Å²) in [6.45, 7) is 5.79. The number of carbonyl (C=O) groups excluding carboxylic acids is 2. The number of carbonyl (C=O) groups is 2. The van der Waals surface area contributed by atoms with Crippen LogP contribution < -0.4 is 5.32 Å². The summed E-state index contributed by atoms with van der Waals surface area (Å²) in [4.78, 5) is 28.8. The molecule has 1 fully saturated rings. The van der Waals surface area contributed by atoms with E-state index in [9.17, 15) is 9.59 Å². The van der Waals surface area contributed by atoms with Crippen LogP contribution in [-0.2, 0) is 17.6 Å². The van der Waals surface area contributed by atoms with Crippen molar-refractivity contribution in [3.8, 4) is 0 Å². The van der Waals surface area contributed by atoms with Crippen LogP contribution in [0, 0.1) is 0 Å². The number of hydrogen-bond donors (Lipinski definition) is 1. The fourth-order valence-electron chi connectivity index (χ4n) is 3.43. The number of halogens is 1. The quantitative estimate of drug-likeness (QED) is 0.759. The summed E-state index contributed by atoms with van der Waals surface area (Å²) in [7, 11) is 0. The summed E-state index contributed by atoms with van der Waals surface area (Å²) in [5, 5.41) is 3.69. The minimum atomic E-state index is 0.0221. The first-order valence-electron chi connectivity index (χ1n) is 10.2. The molecule has 1 aliphatic heterocycles. The lowest BCUT2D eigenvalue weighted by Crippen LogP contribution is -2.51. The van der Waals surface area contributed by atoms with Gasteiger partial charge in [-0.05, 0) is 48.2 Å². The molecular weight excluding hydrogens is 386 g/mol. The summed E-state index contributed by atoms with van der Waals surface area (Å²) in [5.74, 6) is 0.0913. The van der Waals surface area contributed by atoms with E-state index < -0.39 is 0 Å². The largest absolute Gasteiger partial charge is 0.355 e. The Labute approximate surface area is 177 Å². The van der Waals surface area contributed by atoms with Crippen LogP contribution in [0.5, 0.6) is 0 Å². The van der Waals surface area contributed by atoms with Crippen molar-refractivity contribution >= 4 is 23.4 Å². The van der Waals surface area contributed by atoms with Crippen LogP contribution in [0.1, 0.15) is 28.4 Å². The van der Waals surface area contributed by atoms with Crippen molar-refractivity contribution in [3.63, 3.8) is 0 Å². The number of nitrogens with one attached hydrogen (secondary N) is 1. The van der Waals surface area contributed by atoms with E-state index in [4.69, 9.17) is 11.6 Å². The Bertz CT molecular complexity index is 813. The summed E-state index contributed by atoms with van der Waals surface area (Å²) in [5.41, 5.74) is 3.11. The van der Waals surface area contributed by atoms with Gasteiger partial charge in [-0.25, -0.2) is 0 Å². The molecule has 0 aromatic heterocycles. The maximum Gasteiger partial charge on any atom is 0.253 e. The molecule has 0 aliphatic carbocycles. The molecule has 6 heteroatoms. The molecule has 1 heterocycles. The van der Waals surface area contributed by atoms with Crippen LogP contribution in [0.3, 0.4) is 0 Å². The van der Waals surface area contributed by atoms with Gasteiger partial charge in [0.1, 0.15) is 0 Å². The van der Waals surface area contributed by atoms with Gasteiger partial charge in [0.05, 0.1) is 6.54 Å². The van der Waals surface area contributed by atoms with Crippen LogP contribution in [0.4, 0.5) is 0 Å². The average Bonchev–Trinajstić information content (AvgIpc) is 2.75. The highest BCUT2D eigenvalue weighted by atomic mass is 35.5. The Morgan fingerprint density at radius 2 is 1.55 bits per heavy atom. The molecule has 29 heavy (non-hydrogen) atoms. The number of rotatable bonds is 7. The lowest BCUT2D eigenvalue weighted by atomic mass is 10.1. The van der Waals surface area contributed by atoms with Gasteiger partial charge in [-0.15, -0.1) is 0 Å². The van der Waals surface area contributed by atoms with E-state index in [0.29, 0.717) is 44.3 Å². The predicted molar refractivity (Wildman–Crippen MR) is 116 cm³/mol. The third-order valence-electron chi connectivity index (χ3n) is 5.28. The number of hydrogen-bond acceptors (Lipinski definition) is 3. The number of nitrogens with zero attached hydrogens (tertiary/aromatic N) is 2. The van der Waals surface area contributed by atoms with Crippen molar-refractivity contribution in [1.82, 2.24) is 15.1 Å². The zero-order valence-corrected chi connectivity index (χ0v) is 17.6. The van der Waals surface area contributed by atoms with Crippen LogP contribution >= 0.6 is 11.6 Å². The average molecular weight is 414 g/mol. The van der Waals surface area contributed by atoms with Gasteiger partial charge in [-0.3, -0.25) is 14.5 Å². The Kier molecular flexibility index (Phi) is 7.67. The monoisotopic (exact) mass is 413 g/mol. The minimum absolute atomic E-state index is 0.0221. The SMILES string of the molecule is CCc1ccc(C(=O)N2CCN(CC(=O)NCCc3ccc(Cl)cc3)CC2)cc1. The number of benzene rings is 2. The molecule has 1 saturated heterocycles. The molecule has 1 N–H and O–H groups in total. The number of amides is 2. The van der Waals surface area contributed by atoms with Gasteiger partial charge < -0.3 is 10.2 Å². The van der Waals surface area contributed by atoms with Gasteiger partial charge in [0, 0.05) is 43.3 Å². The Balaban J connectivity index is 1.37. The molecule has 154 valence electrons. The van der Waals surface area contributed by atoms with Gasteiger partial charge >= 0.3 is 0 Å². The van der Waals surface area contributed by atoms with E-state index in [0.717, 1.165) is 24.0 Å². The van der Waals surface area contributed by atoms with Crippen molar-refractivity contribution in [3.05, 3.63) is 70.2 Å². The first-order chi connectivity index (χ1) is 14.0. The molecule has 0 saturated carbocycles. The highest BCUT2D eigenvalue weighted by Crippen LogP contribution is 2.11. The smallest absolute Gasteiger partial charge is 0.253 e. The van der Waals surface area contributed by atoms with Crippen LogP contribution in [0.2, 0.25) is 5.02 Å². The Morgan fingerprint density at radius 3 is 2.17 bits per heavy atom. The first-order valence-corrected chi connectivity index (χ1v) is 10.5. The second-order valence-corrected chi connectivity index (χ2v) is 7.78. The third kappa shape index (κ3) is 6.31. The van der Waals surface area contributed by atoms with Gasteiger partial charge in [0.2, 0.25) is 5.91 Å². The zero-order valence-electron chi connectivity index (χ0n) is 16.9. The topological polar surface area (TPSA) is 52.7 Å². The number of aryl methyl sites for hydroxylation is 1. The minimum Gasteiger partial charge on any atom is -0.355 e. The second kappa shape index (κ2) is 10.4. The van der Waals surface area contributed by atoms with Crippen LogP contribution in [0.25, 0.3) is 0 Å². The van der Waals surface area contributed by atoms with E-state index >= 15 is 0 Å². The van der Waals surface area contributed by atoms with Crippen molar-refractivity contribution in [2.45, 2.75) is 19.8 Å². The Hall–Kier alpha value is -2.37. The van der Waals surface area contributed by atoms with Crippen molar-refractivity contribution in [2.24, 2.45) is 0 Å². The molecule has 0 atom stereocenters. The maximum atomic E-state index is 12.6. The molecule has 3 rings (SSSR count). The second-order valence-electron chi connectivity index (χ2n) is 7.35. The lowest BCUT2D eigenvalue weighted by Gasteiger charge is -2.34. The molecule has 0 bridgehead atoms. The standard InChI is InChI=1S/C23H28ClN3O2/c1-2-18-3-7-20(8-4-18)23(29)27-15-13-26(14-16-27)17-22(28)25-12-11-19-5-9-21(24)10-6-19/h3-10H,2,11-17H2,1H3,(H,25,28). The molecule has 0 radical (unpaired) electrons. The zero-order chi connectivity index (χ0) is 20.6. The highest BCUT2D eigenvalue weighted by molar-refractivity contribution is 6.30. The van der Waals surface area contributed by atoms with Gasteiger partial charge in [0.25, 0.3) is 5.91 Å². The molecule has 2 aromatic carbocycles. The normalized spacial score (nSPS) is 14.6. The number of piperazine rings is 1. The van der Waals surface area contributed by atoms with E-state index in [1.54, 1.807) is 0 Å². The summed E-state index contributed by atoms with van der Waals surface area (Å²) in [6.07, 6.45) is 1.75. The van der Waals surface area contributed by atoms with Gasteiger partial charge in [-0.1, -0.05) is 42.8 Å². The van der Waals surface area contributed by atoms with Gasteiger partial charge in [0.15, 0.2) is 0 Å². The highest BCUT2D eigenvalue weighted by Gasteiger charge is 2.23. The van der Waals surface area contributed by atoms with E-state index in [-0.39, 0.29) is 11.8 Å². The molecule has 0 unspecified atom stereocenters. The van der Waals surface area contributed by atoms with E-state index in [1.165, 1.54) is 5.56 Å². The van der Waals surface area contributed by atoms with Crippen LogP contribution in [0.15, 0.2) is 48.5 Å². The third-order valence-corrected chi connectivity index (χ3v) is 5.54. The summed E-state index contributed by atoms with van der Waals surface area (Å²) in [6, 6.07) is 15.5.